The summed E-state index contributed by atoms with van der Waals surface area (Å²) in [7, 11) is 0. The van der Waals surface area contributed by atoms with Crippen molar-refractivity contribution in [3.8, 4) is 5.75 Å². The van der Waals surface area contributed by atoms with Gasteiger partial charge in [-0.25, -0.2) is 0 Å². The van der Waals surface area contributed by atoms with Gasteiger partial charge in [0.25, 0.3) is 0 Å². The van der Waals surface area contributed by atoms with Crippen LogP contribution in [0, 0.1) is 6.92 Å². The molecule has 0 radical (unpaired) electrons. The van der Waals surface area contributed by atoms with E-state index in [0.29, 0.717) is 0 Å². The second-order valence-corrected chi connectivity index (χ2v) is 3.92. The third-order valence-corrected chi connectivity index (χ3v) is 2.43. The minimum atomic E-state index is -4.82. The highest BCUT2D eigenvalue weighted by Gasteiger charge is 2.32. The number of aromatic nitrogens is 1. The summed E-state index contributed by atoms with van der Waals surface area (Å²) in [4.78, 5) is 15.4. The SMILES string of the molecule is CCOC(=O)Cc1cc(OC(F)(F)F)c(C)c(CN)n1. The molecule has 0 amide bonds. The molecule has 0 fully saturated rings. The average Bonchev–Trinajstić information content (AvgIpc) is 2.31. The van der Waals surface area contributed by atoms with Crippen LogP contribution in [0.4, 0.5) is 13.2 Å². The molecular formula is C12H15F3N2O3. The Hall–Kier alpha value is -1.83. The Labute approximate surface area is 113 Å². The fourth-order valence-electron chi connectivity index (χ4n) is 1.57. The number of carbonyl (C=O) groups is 1. The Balaban J connectivity index is 3.08. The minimum Gasteiger partial charge on any atom is -0.466 e. The lowest BCUT2D eigenvalue weighted by atomic mass is 10.1. The van der Waals surface area contributed by atoms with Crippen molar-refractivity contribution in [1.29, 1.82) is 0 Å². The predicted molar refractivity (Wildman–Crippen MR) is 63.9 cm³/mol. The van der Waals surface area contributed by atoms with Crippen LogP contribution >= 0.6 is 0 Å². The summed E-state index contributed by atoms with van der Waals surface area (Å²) < 4.78 is 45.5. The maximum Gasteiger partial charge on any atom is 0.573 e. The van der Waals surface area contributed by atoms with E-state index in [0.717, 1.165) is 6.07 Å². The lowest BCUT2D eigenvalue weighted by Gasteiger charge is -2.15. The Morgan fingerprint density at radius 3 is 2.60 bits per heavy atom. The fourth-order valence-corrected chi connectivity index (χ4v) is 1.57. The number of carbonyl (C=O) groups excluding carboxylic acids is 1. The van der Waals surface area contributed by atoms with Crippen LogP contribution in [0.25, 0.3) is 0 Å². The number of nitrogens with two attached hydrogens (primary N) is 1. The molecule has 8 heteroatoms. The quantitative estimate of drug-likeness (QED) is 0.838. The summed E-state index contributed by atoms with van der Waals surface area (Å²) in [5.74, 6) is -0.989. The summed E-state index contributed by atoms with van der Waals surface area (Å²) >= 11 is 0. The normalized spacial score (nSPS) is 11.3. The summed E-state index contributed by atoms with van der Waals surface area (Å²) in [6.45, 7) is 3.17. The van der Waals surface area contributed by atoms with Crippen LogP contribution in [-0.4, -0.2) is 23.9 Å². The van der Waals surface area contributed by atoms with Gasteiger partial charge in [0.2, 0.25) is 0 Å². The maximum absolute atomic E-state index is 12.3. The van der Waals surface area contributed by atoms with Gasteiger partial charge in [-0.3, -0.25) is 9.78 Å². The highest BCUT2D eigenvalue weighted by atomic mass is 19.4. The number of nitrogens with zero attached hydrogens (tertiary/aromatic N) is 1. The second kappa shape index (κ2) is 6.56. The monoisotopic (exact) mass is 292 g/mol. The van der Waals surface area contributed by atoms with Gasteiger partial charge >= 0.3 is 12.3 Å². The van der Waals surface area contributed by atoms with Gasteiger partial charge in [-0.15, -0.1) is 13.2 Å². The van der Waals surface area contributed by atoms with Crippen LogP contribution < -0.4 is 10.5 Å². The van der Waals surface area contributed by atoms with Gasteiger partial charge in [0.05, 0.1) is 24.4 Å². The molecule has 0 aliphatic carbocycles. The molecular weight excluding hydrogens is 277 g/mol. The average molecular weight is 292 g/mol. The molecule has 0 bridgehead atoms. The number of rotatable bonds is 5. The van der Waals surface area contributed by atoms with Gasteiger partial charge in [0, 0.05) is 18.2 Å². The molecule has 1 aromatic heterocycles. The molecule has 1 aromatic rings. The zero-order valence-electron chi connectivity index (χ0n) is 11.1. The molecule has 1 heterocycles. The smallest absolute Gasteiger partial charge is 0.466 e. The van der Waals surface area contributed by atoms with Crippen LogP contribution in [0.5, 0.6) is 5.75 Å². The molecule has 5 nitrogen and oxygen atoms in total. The molecule has 1 rings (SSSR count). The van der Waals surface area contributed by atoms with Crippen molar-refractivity contribution < 1.29 is 27.4 Å². The van der Waals surface area contributed by atoms with Crippen LogP contribution in [-0.2, 0) is 22.5 Å². The molecule has 0 unspecified atom stereocenters. The van der Waals surface area contributed by atoms with Gasteiger partial charge < -0.3 is 15.2 Å². The topological polar surface area (TPSA) is 74.4 Å². The van der Waals surface area contributed by atoms with E-state index in [4.69, 9.17) is 10.5 Å². The largest absolute Gasteiger partial charge is 0.573 e. The standard InChI is InChI=1S/C12H15F3N2O3/c1-3-19-11(18)5-8-4-10(20-12(13,14)15)7(2)9(6-16)17-8/h4H,3,5-6,16H2,1-2H3. The van der Waals surface area contributed by atoms with Crippen molar-refractivity contribution in [3.05, 3.63) is 23.0 Å². The third kappa shape index (κ3) is 4.69. The zero-order valence-corrected chi connectivity index (χ0v) is 11.1. The number of halogens is 3. The van der Waals surface area contributed by atoms with E-state index < -0.39 is 18.1 Å². The van der Waals surface area contributed by atoms with Crippen molar-refractivity contribution in [2.45, 2.75) is 33.2 Å². The molecule has 112 valence electrons. The van der Waals surface area contributed by atoms with E-state index in [1.807, 2.05) is 0 Å². The summed E-state index contributed by atoms with van der Waals surface area (Å²) in [5.41, 5.74) is 5.98. The lowest BCUT2D eigenvalue weighted by Crippen LogP contribution is -2.20. The Morgan fingerprint density at radius 2 is 2.10 bits per heavy atom. The van der Waals surface area contributed by atoms with Gasteiger partial charge in [-0.2, -0.15) is 0 Å². The summed E-state index contributed by atoms with van der Waals surface area (Å²) in [6, 6.07) is 1.07. The summed E-state index contributed by atoms with van der Waals surface area (Å²) in [5, 5.41) is 0. The van der Waals surface area contributed by atoms with Crippen molar-refractivity contribution in [2.24, 2.45) is 5.73 Å². The molecule has 2 N–H and O–H groups in total. The number of pyridine rings is 1. The van der Waals surface area contributed by atoms with Crippen molar-refractivity contribution in [2.75, 3.05) is 6.61 Å². The predicted octanol–water partition coefficient (Wildman–Crippen LogP) is 1.85. The molecule has 0 saturated heterocycles. The Morgan fingerprint density at radius 1 is 1.45 bits per heavy atom. The first kappa shape index (κ1) is 16.2. The van der Waals surface area contributed by atoms with E-state index in [-0.39, 0.29) is 36.5 Å². The van der Waals surface area contributed by atoms with Crippen molar-refractivity contribution in [3.63, 3.8) is 0 Å². The molecule has 0 spiro atoms. The van der Waals surface area contributed by atoms with E-state index in [2.05, 4.69) is 9.72 Å². The molecule has 0 aliphatic rings. The van der Waals surface area contributed by atoms with Gasteiger partial charge in [0.15, 0.2) is 0 Å². The van der Waals surface area contributed by atoms with Crippen LogP contribution in [0.1, 0.15) is 23.9 Å². The number of hydrogen-bond donors (Lipinski definition) is 1. The lowest BCUT2D eigenvalue weighted by molar-refractivity contribution is -0.274. The summed E-state index contributed by atoms with van der Waals surface area (Å²) in [6.07, 6.45) is -5.06. The minimum absolute atomic E-state index is 0.0588. The van der Waals surface area contributed by atoms with Gasteiger partial charge in [-0.05, 0) is 13.8 Å². The van der Waals surface area contributed by atoms with Crippen molar-refractivity contribution in [1.82, 2.24) is 4.98 Å². The van der Waals surface area contributed by atoms with Crippen LogP contribution in [0.15, 0.2) is 6.07 Å². The Bertz CT molecular complexity index is 490. The first-order valence-electron chi connectivity index (χ1n) is 5.87. The van der Waals surface area contributed by atoms with E-state index in [9.17, 15) is 18.0 Å². The van der Waals surface area contributed by atoms with E-state index in [1.54, 1.807) is 6.92 Å². The number of esters is 1. The van der Waals surface area contributed by atoms with E-state index in [1.165, 1.54) is 6.92 Å². The number of ether oxygens (including phenoxy) is 2. The van der Waals surface area contributed by atoms with Gasteiger partial charge in [-0.1, -0.05) is 0 Å². The van der Waals surface area contributed by atoms with Gasteiger partial charge in [0.1, 0.15) is 5.75 Å². The first-order chi connectivity index (χ1) is 9.26. The van der Waals surface area contributed by atoms with Crippen LogP contribution in [0.3, 0.4) is 0 Å². The third-order valence-electron chi connectivity index (χ3n) is 2.43. The molecule has 0 atom stereocenters. The maximum atomic E-state index is 12.3. The fraction of sp³-hybridized carbons (Fsp3) is 0.500. The first-order valence-corrected chi connectivity index (χ1v) is 5.87. The molecule has 0 saturated carbocycles. The van der Waals surface area contributed by atoms with Crippen molar-refractivity contribution >= 4 is 5.97 Å². The number of hydrogen-bond acceptors (Lipinski definition) is 5. The highest BCUT2D eigenvalue weighted by Crippen LogP contribution is 2.28. The number of alkyl halides is 3. The molecule has 20 heavy (non-hydrogen) atoms. The van der Waals surface area contributed by atoms with E-state index >= 15 is 0 Å². The van der Waals surface area contributed by atoms with Crippen LogP contribution in [0.2, 0.25) is 0 Å². The Kier molecular flexibility index (Phi) is 5.32. The molecule has 0 aromatic carbocycles. The highest BCUT2D eigenvalue weighted by molar-refractivity contribution is 5.72. The zero-order chi connectivity index (χ0) is 15.3. The second-order valence-electron chi connectivity index (χ2n) is 3.92. The molecule has 0 aliphatic heterocycles.